The van der Waals surface area contributed by atoms with Crippen LogP contribution in [-0.2, 0) is 24.3 Å². The van der Waals surface area contributed by atoms with Crippen LogP contribution in [0.2, 0.25) is 0 Å². The maximum Gasteiger partial charge on any atom is 0.330 e. The molecule has 4 aromatic rings. The van der Waals surface area contributed by atoms with Gasteiger partial charge in [-0.15, -0.1) is 0 Å². The zero-order valence-electron chi connectivity index (χ0n) is 17.2. The maximum atomic E-state index is 13.2. The first-order valence-electron chi connectivity index (χ1n) is 10.1. The van der Waals surface area contributed by atoms with Crippen molar-refractivity contribution >= 4 is 17.1 Å². The highest BCUT2D eigenvalue weighted by Crippen LogP contribution is 2.13. The molecule has 2 heterocycles. The van der Waals surface area contributed by atoms with E-state index in [2.05, 4.69) is 10.3 Å². The zero-order chi connectivity index (χ0) is 21.8. The molecule has 0 bridgehead atoms. The Bertz CT molecular complexity index is 1260. The van der Waals surface area contributed by atoms with E-state index in [1.165, 1.54) is 12.1 Å². The summed E-state index contributed by atoms with van der Waals surface area (Å²) in [5, 5.41) is 2.87. The van der Waals surface area contributed by atoms with Gasteiger partial charge in [-0.25, -0.2) is 14.2 Å². The predicted octanol–water partition coefficient (Wildman–Crippen LogP) is 3.05. The summed E-state index contributed by atoms with van der Waals surface area (Å²) in [6.07, 6.45) is 1.93. The van der Waals surface area contributed by atoms with Crippen LogP contribution in [0.25, 0.3) is 11.2 Å². The van der Waals surface area contributed by atoms with Gasteiger partial charge in [0.2, 0.25) is 5.91 Å². The van der Waals surface area contributed by atoms with E-state index in [1.54, 1.807) is 33.5 Å². The molecule has 0 radical (unpaired) electrons. The monoisotopic (exact) mass is 418 g/mol. The number of aryl methyl sites for hydroxylation is 1. The molecule has 0 spiro atoms. The molecule has 0 unspecified atom stereocenters. The van der Waals surface area contributed by atoms with Crippen molar-refractivity contribution in [1.82, 2.24) is 19.4 Å². The smallest absolute Gasteiger partial charge is 0.330 e. The summed E-state index contributed by atoms with van der Waals surface area (Å²) in [5.41, 5.74) is 3.94. The molecule has 0 aliphatic heterocycles. The van der Waals surface area contributed by atoms with Gasteiger partial charge in [-0.05, 0) is 42.3 Å². The summed E-state index contributed by atoms with van der Waals surface area (Å²) in [7, 11) is 0. The molecule has 7 heteroatoms. The Morgan fingerprint density at radius 2 is 1.71 bits per heavy atom. The first-order chi connectivity index (χ1) is 15.0. The number of pyridine rings is 1. The molecule has 0 saturated carbocycles. The number of nitrogens with zero attached hydrogens (tertiary/aromatic N) is 3. The molecular weight excluding hydrogens is 395 g/mol. The second-order valence-electron chi connectivity index (χ2n) is 7.51. The molecule has 4 rings (SSSR count). The minimum Gasteiger partial charge on any atom is -0.354 e. The maximum absolute atomic E-state index is 13.2. The van der Waals surface area contributed by atoms with Crippen LogP contribution in [0.15, 0.2) is 71.7 Å². The molecular formula is C24H23FN4O2. The van der Waals surface area contributed by atoms with E-state index >= 15 is 0 Å². The normalized spacial score (nSPS) is 11.0. The molecule has 158 valence electrons. The van der Waals surface area contributed by atoms with E-state index < -0.39 is 0 Å². The Kier molecular flexibility index (Phi) is 5.93. The number of halogens is 1. The fourth-order valence-corrected chi connectivity index (χ4v) is 3.53. The third-order valence-corrected chi connectivity index (χ3v) is 5.17. The predicted molar refractivity (Wildman–Crippen MR) is 117 cm³/mol. The summed E-state index contributed by atoms with van der Waals surface area (Å²) >= 11 is 0. The molecule has 1 N–H and O–H groups in total. The van der Waals surface area contributed by atoms with Gasteiger partial charge in [-0.3, -0.25) is 13.9 Å². The van der Waals surface area contributed by atoms with E-state index in [9.17, 15) is 14.0 Å². The largest absolute Gasteiger partial charge is 0.354 e. The summed E-state index contributed by atoms with van der Waals surface area (Å²) in [5.74, 6) is -0.415. The summed E-state index contributed by atoms with van der Waals surface area (Å²) in [6.45, 7) is 2.94. The number of rotatable bonds is 7. The van der Waals surface area contributed by atoms with Gasteiger partial charge in [0.25, 0.3) is 0 Å². The molecule has 2 aromatic carbocycles. The SMILES string of the molecule is Cc1ccc(CC(=O)NCCn2c(=O)n(Cc3ccc(F)cc3)c3cccnc32)cc1. The molecule has 2 aromatic heterocycles. The Morgan fingerprint density at radius 1 is 1.00 bits per heavy atom. The van der Waals surface area contributed by atoms with Crippen molar-refractivity contribution in [3.63, 3.8) is 0 Å². The van der Waals surface area contributed by atoms with Gasteiger partial charge in [-0.2, -0.15) is 0 Å². The van der Waals surface area contributed by atoms with Crippen LogP contribution in [0.4, 0.5) is 4.39 Å². The van der Waals surface area contributed by atoms with Crippen molar-refractivity contribution in [2.45, 2.75) is 26.4 Å². The van der Waals surface area contributed by atoms with Crippen molar-refractivity contribution in [1.29, 1.82) is 0 Å². The second kappa shape index (κ2) is 8.95. The van der Waals surface area contributed by atoms with Crippen molar-refractivity contribution in [2.24, 2.45) is 0 Å². The van der Waals surface area contributed by atoms with Crippen LogP contribution >= 0.6 is 0 Å². The number of carbonyl (C=O) groups is 1. The first kappa shape index (κ1) is 20.5. The minimum absolute atomic E-state index is 0.0973. The van der Waals surface area contributed by atoms with E-state index in [4.69, 9.17) is 0 Å². The molecule has 0 fully saturated rings. The summed E-state index contributed by atoms with van der Waals surface area (Å²) in [4.78, 5) is 29.7. The first-order valence-corrected chi connectivity index (χ1v) is 10.1. The van der Waals surface area contributed by atoms with Crippen molar-refractivity contribution in [2.75, 3.05) is 6.54 Å². The quantitative estimate of drug-likeness (QED) is 0.502. The minimum atomic E-state index is -0.318. The standard InChI is InChI=1S/C24H23FN4O2/c1-17-4-6-18(7-5-17)15-22(30)26-13-14-28-23-21(3-2-12-27-23)29(24(28)31)16-19-8-10-20(25)11-9-19/h2-12H,13-16H2,1H3,(H,26,30). The van der Waals surface area contributed by atoms with Gasteiger partial charge < -0.3 is 5.32 Å². The van der Waals surface area contributed by atoms with Crippen LogP contribution in [-0.4, -0.2) is 26.6 Å². The molecule has 6 nitrogen and oxygen atoms in total. The third-order valence-electron chi connectivity index (χ3n) is 5.17. The molecule has 1 amide bonds. The van der Waals surface area contributed by atoms with Gasteiger partial charge in [0.15, 0.2) is 5.65 Å². The number of hydrogen-bond acceptors (Lipinski definition) is 3. The van der Waals surface area contributed by atoms with E-state index in [-0.39, 0.29) is 17.4 Å². The average molecular weight is 418 g/mol. The van der Waals surface area contributed by atoms with E-state index in [0.29, 0.717) is 37.2 Å². The number of imidazole rings is 1. The van der Waals surface area contributed by atoms with Crippen LogP contribution in [0.3, 0.4) is 0 Å². The lowest BCUT2D eigenvalue weighted by molar-refractivity contribution is -0.120. The van der Waals surface area contributed by atoms with Gasteiger partial charge in [0.05, 0.1) is 18.5 Å². The Hall–Kier alpha value is -3.74. The fourth-order valence-electron chi connectivity index (χ4n) is 3.53. The fraction of sp³-hybridized carbons (Fsp3) is 0.208. The summed E-state index contributed by atoms with van der Waals surface area (Å²) in [6, 6.07) is 17.5. The Morgan fingerprint density at radius 3 is 2.45 bits per heavy atom. The van der Waals surface area contributed by atoms with Gasteiger partial charge in [0, 0.05) is 19.3 Å². The lowest BCUT2D eigenvalue weighted by Gasteiger charge is -2.07. The van der Waals surface area contributed by atoms with Gasteiger partial charge in [-0.1, -0.05) is 42.0 Å². The zero-order valence-corrected chi connectivity index (χ0v) is 17.2. The molecule has 0 saturated heterocycles. The van der Waals surface area contributed by atoms with Crippen molar-refractivity contribution < 1.29 is 9.18 Å². The van der Waals surface area contributed by atoms with Crippen LogP contribution in [0.1, 0.15) is 16.7 Å². The van der Waals surface area contributed by atoms with Crippen LogP contribution in [0.5, 0.6) is 0 Å². The number of fused-ring (bicyclic) bond motifs is 1. The Labute approximate surface area is 179 Å². The number of aromatic nitrogens is 3. The number of hydrogen-bond donors (Lipinski definition) is 1. The lowest BCUT2D eigenvalue weighted by atomic mass is 10.1. The number of amides is 1. The summed E-state index contributed by atoms with van der Waals surface area (Å²) < 4.78 is 16.4. The van der Waals surface area contributed by atoms with Crippen LogP contribution in [0, 0.1) is 12.7 Å². The highest BCUT2D eigenvalue weighted by molar-refractivity contribution is 5.78. The molecule has 31 heavy (non-hydrogen) atoms. The highest BCUT2D eigenvalue weighted by Gasteiger charge is 2.14. The third kappa shape index (κ3) is 4.71. The van der Waals surface area contributed by atoms with Gasteiger partial charge in [0.1, 0.15) is 5.82 Å². The van der Waals surface area contributed by atoms with Crippen molar-refractivity contribution in [3.05, 3.63) is 99.9 Å². The number of nitrogens with one attached hydrogen (secondary N) is 1. The topological polar surface area (TPSA) is 68.9 Å². The number of benzene rings is 2. The lowest BCUT2D eigenvalue weighted by Crippen LogP contribution is -2.32. The van der Waals surface area contributed by atoms with Crippen molar-refractivity contribution in [3.8, 4) is 0 Å². The van der Waals surface area contributed by atoms with Crippen LogP contribution < -0.4 is 11.0 Å². The second-order valence-corrected chi connectivity index (χ2v) is 7.51. The van der Waals surface area contributed by atoms with E-state index in [1.807, 2.05) is 37.3 Å². The van der Waals surface area contributed by atoms with E-state index in [0.717, 1.165) is 16.7 Å². The molecule has 0 aliphatic rings. The number of carbonyl (C=O) groups excluding carboxylic acids is 1. The molecule has 0 aliphatic carbocycles. The Balaban J connectivity index is 1.48. The highest BCUT2D eigenvalue weighted by atomic mass is 19.1. The molecule has 0 atom stereocenters. The average Bonchev–Trinajstić information content (AvgIpc) is 3.03. The van der Waals surface area contributed by atoms with Gasteiger partial charge >= 0.3 is 5.69 Å².